The van der Waals surface area contributed by atoms with E-state index in [-0.39, 0.29) is 6.04 Å². The minimum atomic E-state index is 0.238. The first-order chi connectivity index (χ1) is 7.63. The maximum absolute atomic E-state index is 6.04. The second kappa shape index (κ2) is 6.54. The van der Waals surface area contributed by atoms with E-state index in [1.54, 1.807) is 0 Å². The van der Waals surface area contributed by atoms with Crippen LogP contribution in [-0.4, -0.2) is 12.6 Å². The monoisotopic (exact) mass is 221 g/mol. The van der Waals surface area contributed by atoms with Crippen molar-refractivity contribution in [1.29, 1.82) is 0 Å². The van der Waals surface area contributed by atoms with Crippen LogP contribution in [-0.2, 0) is 6.42 Å². The van der Waals surface area contributed by atoms with Gasteiger partial charge < -0.3 is 10.5 Å². The van der Waals surface area contributed by atoms with Crippen molar-refractivity contribution in [2.75, 3.05) is 6.61 Å². The molecule has 1 rings (SSSR count). The number of rotatable bonds is 6. The molecule has 90 valence electrons. The zero-order valence-corrected chi connectivity index (χ0v) is 10.6. The first-order valence-electron chi connectivity index (χ1n) is 6.10. The van der Waals surface area contributed by atoms with Crippen LogP contribution in [0.5, 0.6) is 5.75 Å². The van der Waals surface area contributed by atoms with Crippen molar-refractivity contribution >= 4 is 0 Å². The highest BCUT2D eigenvalue weighted by Gasteiger charge is 2.08. The van der Waals surface area contributed by atoms with Gasteiger partial charge in [0.25, 0.3) is 0 Å². The van der Waals surface area contributed by atoms with Crippen LogP contribution in [0.15, 0.2) is 24.3 Å². The Morgan fingerprint density at radius 1 is 1.19 bits per heavy atom. The fraction of sp³-hybridized carbons (Fsp3) is 0.571. The molecule has 1 aromatic carbocycles. The molecule has 0 aliphatic heterocycles. The van der Waals surface area contributed by atoms with Gasteiger partial charge in [-0.25, -0.2) is 0 Å². The molecule has 2 nitrogen and oxygen atoms in total. The molecule has 0 aliphatic carbocycles. The van der Waals surface area contributed by atoms with Gasteiger partial charge in [0.05, 0.1) is 6.61 Å². The summed E-state index contributed by atoms with van der Waals surface area (Å²) in [6, 6.07) is 8.50. The van der Waals surface area contributed by atoms with E-state index < -0.39 is 0 Å². The average molecular weight is 221 g/mol. The van der Waals surface area contributed by atoms with E-state index in [9.17, 15) is 0 Å². The molecule has 1 aromatic rings. The highest BCUT2D eigenvalue weighted by molar-refractivity contribution is 5.27. The second-order valence-corrected chi connectivity index (χ2v) is 4.60. The Kier molecular flexibility index (Phi) is 5.33. The Bertz CT molecular complexity index is 292. The van der Waals surface area contributed by atoms with Gasteiger partial charge in [0, 0.05) is 6.04 Å². The fourth-order valence-electron chi connectivity index (χ4n) is 1.45. The molecule has 0 bridgehead atoms. The molecular weight excluding hydrogens is 198 g/mol. The van der Waals surface area contributed by atoms with Crippen LogP contribution >= 0.6 is 0 Å². The first kappa shape index (κ1) is 13.0. The summed E-state index contributed by atoms with van der Waals surface area (Å²) in [7, 11) is 0. The molecule has 0 saturated carbocycles. The predicted octanol–water partition coefficient (Wildman–Crippen LogP) is 3.00. The topological polar surface area (TPSA) is 35.2 Å². The van der Waals surface area contributed by atoms with Gasteiger partial charge in [0.15, 0.2) is 0 Å². The van der Waals surface area contributed by atoms with Crippen molar-refractivity contribution in [1.82, 2.24) is 0 Å². The number of hydrogen-bond acceptors (Lipinski definition) is 2. The van der Waals surface area contributed by atoms with E-state index >= 15 is 0 Å². The third-order valence-corrected chi connectivity index (χ3v) is 2.72. The molecule has 2 N–H and O–H groups in total. The second-order valence-electron chi connectivity index (χ2n) is 4.60. The SMILES string of the molecule is CCCOc1ccc(CC(N)C(C)C)cc1. The van der Waals surface area contributed by atoms with Crippen LogP contribution in [0, 0.1) is 5.92 Å². The first-order valence-corrected chi connectivity index (χ1v) is 6.10. The van der Waals surface area contributed by atoms with Crippen LogP contribution in [0.25, 0.3) is 0 Å². The van der Waals surface area contributed by atoms with Gasteiger partial charge in [-0.15, -0.1) is 0 Å². The van der Waals surface area contributed by atoms with Gasteiger partial charge in [0.2, 0.25) is 0 Å². The van der Waals surface area contributed by atoms with Gasteiger partial charge in [-0.1, -0.05) is 32.9 Å². The minimum absolute atomic E-state index is 0.238. The van der Waals surface area contributed by atoms with Crippen LogP contribution in [0.4, 0.5) is 0 Å². The molecule has 0 aliphatic rings. The number of ether oxygens (including phenoxy) is 1. The Balaban J connectivity index is 2.51. The van der Waals surface area contributed by atoms with Crippen molar-refractivity contribution in [3.05, 3.63) is 29.8 Å². The van der Waals surface area contributed by atoms with Gasteiger partial charge in [0.1, 0.15) is 5.75 Å². The summed E-state index contributed by atoms with van der Waals surface area (Å²) in [6.45, 7) is 7.20. The lowest BCUT2D eigenvalue weighted by molar-refractivity contribution is 0.317. The molecule has 0 amide bonds. The van der Waals surface area contributed by atoms with Crippen LogP contribution in [0.3, 0.4) is 0 Å². The molecule has 0 radical (unpaired) electrons. The highest BCUT2D eigenvalue weighted by Crippen LogP contribution is 2.14. The summed E-state index contributed by atoms with van der Waals surface area (Å²) in [5, 5.41) is 0. The smallest absolute Gasteiger partial charge is 0.119 e. The fourth-order valence-corrected chi connectivity index (χ4v) is 1.45. The van der Waals surface area contributed by atoms with E-state index in [4.69, 9.17) is 10.5 Å². The standard InChI is InChI=1S/C14H23NO/c1-4-9-16-13-7-5-12(6-8-13)10-14(15)11(2)3/h5-8,11,14H,4,9-10,15H2,1-3H3. The molecule has 2 heteroatoms. The van der Waals surface area contributed by atoms with Gasteiger partial charge in [-0.05, 0) is 36.5 Å². The Hall–Kier alpha value is -1.02. The molecule has 1 atom stereocenters. The molecule has 1 unspecified atom stereocenters. The van der Waals surface area contributed by atoms with Crippen molar-refractivity contribution in [3.63, 3.8) is 0 Å². The Morgan fingerprint density at radius 2 is 1.81 bits per heavy atom. The summed E-state index contributed by atoms with van der Waals surface area (Å²) < 4.78 is 5.53. The highest BCUT2D eigenvalue weighted by atomic mass is 16.5. The van der Waals surface area contributed by atoms with Crippen molar-refractivity contribution in [2.45, 2.75) is 39.7 Å². The molecular formula is C14H23NO. The zero-order valence-electron chi connectivity index (χ0n) is 10.6. The van der Waals surface area contributed by atoms with Crippen molar-refractivity contribution in [2.24, 2.45) is 11.7 Å². The number of nitrogens with two attached hydrogens (primary N) is 1. The van der Waals surface area contributed by atoms with E-state index in [1.807, 2.05) is 12.1 Å². The van der Waals surface area contributed by atoms with Gasteiger partial charge in [-0.2, -0.15) is 0 Å². The molecule has 0 heterocycles. The third kappa shape index (κ3) is 4.23. The Morgan fingerprint density at radius 3 is 2.31 bits per heavy atom. The lowest BCUT2D eigenvalue weighted by Crippen LogP contribution is -2.28. The minimum Gasteiger partial charge on any atom is -0.494 e. The van der Waals surface area contributed by atoms with Crippen LogP contribution in [0.1, 0.15) is 32.8 Å². The van der Waals surface area contributed by atoms with Gasteiger partial charge in [-0.3, -0.25) is 0 Å². The largest absolute Gasteiger partial charge is 0.494 e. The lowest BCUT2D eigenvalue weighted by Gasteiger charge is -2.15. The van der Waals surface area contributed by atoms with Gasteiger partial charge >= 0.3 is 0 Å². The quantitative estimate of drug-likeness (QED) is 0.801. The zero-order chi connectivity index (χ0) is 12.0. The molecule has 0 saturated heterocycles. The summed E-state index contributed by atoms with van der Waals surface area (Å²) in [5.41, 5.74) is 7.32. The van der Waals surface area contributed by atoms with Crippen molar-refractivity contribution < 1.29 is 4.74 Å². The lowest BCUT2D eigenvalue weighted by atomic mass is 9.97. The summed E-state index contributed by atoms with van der Waals surface area (Å²) in [4.78, 5) is 0. The van der Waals surface area contributed by atoms with E-state index in [0.29, 0.717) is 5.92 Å². The molecule has 0 fully saturated rings. The number of benzene rings is 1. The van der Waals surface area contributed by atoms with Crippen molar-refractivity contribution in [3.8, 4) is 5.75 Å². The van der Waals surface area contributed by atoms with E-state index in [2.05, 4.69) is 32.9 Å². The summed E-state index contributed by atoms with van der Waals surface area (Å²) >= 11 is 0. The van der Waals surface area contributed by atoms with Crippen LogP contribution < -0.4 is 10.5 Å². The average Bonchev–Trinajstić information content (AvgIpc) is 2.28. The van der Waals surface area contributed by atoms with E-state index in [0.717, 1.165) is 25.2 Å². The van der Waals surface area contributed by atoms with Crippen LogP contribution in [0.2, 0.25) is 0 Å². The summed E-state index contributed by atoms with van der Waals surface area (Å²) in [5.74, 6) is 1.47. The Labute approximate surface area is 98.8 Å². The maximum atomic E-state index is 6.04. The maximum Gasteiger partial charge on any atom is 0.119 e. The molecule has 16 heavy (non-hydrogen) atoms. The predicted molar refractivity (Wildman–Crippen MR) is 68.7 cm³/mol. The molecule has 0 spiro atoms. The van der Waals surface area contributed by atoms with E-state index in [1.165, 1.54) is 5.56 Å². The normalized spacial score (nSPS) is 12.8. The summed E-state index contributed by atoms with van der Waals surface area (Å²) in [6.07, 6.45) is 1.98. The third-order valence-electron chi connectivity index (χ3n) is 2.72. The molecule has 0 aromatic heterocycles. The number of hydrogen-bond donors (Lipinski definition) is 1.